The quantitative estimate of drug-likeness (QED) is 0.619. The van der Waals surface area contributed by atoms with Crippen molar-refractivity contribution in [3.63, 3.8) is 0 Å². The van der Waals surface area contributed by atoms with Crippen LogP contribution in [0.4, 0.5) is 22.0 Å². The Morgan fingerprint density at radius 3 is 2.11 bits per heavy atom. The monoisotopic (exact) mass is 405 g/mol. The van der Waals surface area contributed by atoms with Crippen LogP contribution in [0.3, 0.4) is 0 Å². The summed E-state index contributed by atoms with van der Waals surface area (Å²) in [4.78, 5) is 12.3. The number of carbonyl (C=O) groups is 1. The van der Waals surface area contributed by atoms with Crippen LogP contribution >= 0.6 is 0 Å². The van der Waals surface area contributed by atoms with Gasteiger partial charge in [0.15, 0.2) is 0 Å². The minimum absolute atomic E-state index is 0.0760. The van der Waals surface area contributed by atoms with Crippen LogP contribution in [0, 0.1) is 0 Å². The average molecular weight is 405 g/mol. The predicted octanol–water partition coefficient (Wildman–Crippen LogP) is 3.53. The van der Waals surface area contributed by atoms with Crippen molar-refractivity contribution in [3.8, 4) is 0 Å². The fraction of sp³-hybridized carbons (Fsp3) is 0.611. The van der Waals surface area contributed by atoms with Gasteiger partial charge in [0.2, 0.25) is 0 Å². The predicted molar refractivity (Wildman–Crippen MR) is 92.6 cm³/mol. The minimum atomic E-state index is -4.68. The summed E-state index contributed by atoms with van der Waals surface area (Å²) in [5.41, 5.74) is -3.10. The number of halogens is 5. The highest BCUT2D eigenvalue weighted by molar-refractivity contribution is 6.62. The number of benzene rings is 1. The molecule has 2 aliphatic rings. The van der Waals surface area contributed by atoms with Crippen molar-refractivity contribution in [1.82, 2.24) is 5.32 Å². The molecule has 154 valence electrons. The lowest BCUT2D eigenvalue weighted by molar-refractivity contribution is -0.136. The maximum absolute atomic E-state index is 13.5. The molecule has 10 heteroatoms. The molecule has 1 amide bonds. The second kappa shape index (κ2) is 6.42. The molecule has 1 N–H and O–H groups in total. The summed E-state index contributed by atoms with van der Waals surface area (Å²) >= 11 is 0. The number of rotatable bonds is 3. The topological polar surface area (TPSA) is 47.6 Å². The first kappa shape index (κ1) is 21.0. The van der Waals surface area contributed by atoms with Gasteiger partial charge in [-0.1, -0.05) is 0 Å². The van der Waals surface area contributed by atoms with E-state index in [2.05, 4.69) is 5.32 Å². The van der Waals surface area contributed by atoms with Gasteiger partial charge in [0.1, 0.15) is 0 Å². The van der Waals surface area contributed by atoms with E-state index in [0.717, 1.165) is 18.2 Å². The van der Waals surface area contributed by atoms with Crippen molar-refractivity contribution < 1.29 is 36.1 Å². The van der Waals surface area contributed by atoms with Gasteiger partial charge in [-0.05, 0) is 51.4 Å². The molecular weight excluding hydrogens is 384 g/mol. The molecule has 0 atom stereocenters. The summed E-state index contributed by atoms with van der Waals surface area (Å²) < 4.78 is 77.7. The lowest BCUT2D eigenvalue weighted by Crippen LogP contribution is -2.50. The van der Waals surface area contributed by atoms with Gasteiger partial charge in [0.05, 0.1) is 16.8 Å². The second-order valence-corrected chi connectivity index (χ2v) is 8.32. The zero-order chi connectivity index (χ0) is 21.1. The number of nitrogens with one attached hydrogen (secondary N) is 1. The van der Waals surface area contributed by atoms with Crippen molar-refractivity contribution >= 4 is 18.5 Å². The maximum atomic E-state index is 13.5. The summed E-state index contributed by atoms with van der Waals surface area (Å²) in [6.07, 6.45) is -5.64. The Bertz CT molecular complexity index is 770. The summed E-state index contributed by atoms with van der Waals surface area (Å²) in [5.74, 6) is -3.53. The van der Waals surface area contributed by atoms with E-state index in [0.29, 0.717) is 0 Å². The molecule has 4 nitrogen and oxygen atoms in total. The summed E-state index contributed by atoms with van der Waals surface area (Å²) in [6.45, 7) is 6.81. The van der Waals surface area contributed by atoms with Crippen molar-refractivity contribution in [1.29, 1.82) is 0 Å². The fourth-order valence-corrected chi connectivity index (χ4v) is 3.16. The molecule has 28 heavy (non-hydrogen) atoms. The zero-order valence-corrected chi connectivity index (χ0v) is 15.9. The van der Waals surface area contributed by atoms with Gasteiger partial charge in [-0.25, -0.2) is 8.78 Å². The van der Waals surface area contributed by atoms with Crippen LogP contribution in [0.1, 0.15) is 56.5 Å². The van der Waals surface area contributed by atoms with E-state index in [-0.39, 0.29) is 11.0 Å². The highest BCUT2D eigenvalue weighted by Crippen LogP contribution is 2.39. The van der Waals surface area contributed by atoms with Crippen LogP contribution in [0.25, 0.3) is 0 Å². The zero-order valence-electron chi connectivity index (χ0n) is 15.9. The lowest BCUT2D eigenvalue weighted by Gasteiger charge is -2.35. The molecule has 0 bridgehead atoms. The number of alkyl halides is 5. The van der Waals surface area contributed by atoms with Crippen molar-refractivity contribution in [3.05, 3.63) is 29.3 Å². The number of hydrogen-bond donors (Lipinski definition) is 1. The molecule has 0 aromatic heterocycles. The minimum Gasteiger partial charge on any atom is -0.399 e. The van der Waals surface area contributed by atoms with E-state index in [4.69, 9.17) is 9.31 Å². The smallest absolute Gasteiger partial charge is 0.399 e. The standard InChI is InChI=1S/C18H21BF5NO3/c1-15(2)16(3,4)28-19(27-15)13-7-10(5-6-12(13)18(22,23)24)14(26)25-11-8-17(20,21)9-11/h5-7,11H,8-9H2,1-4H3,(H,25,26). The molecule has 1 saturated carbocycles. The van der Waals surface area contributed by atoms with Gasteiger partial charge in [-0.3, -0.25) is 4.79 Å². The Balaban J connectivity index is 1.89. The Hall–Kier alpha value is -1.68. The van der Waals surface area contributed by atoms with Gasteiger partial charge in [0, 0.05) is 24.4 Å². The van der Waals surface area contributed by atoms with Gasteiger partial charge in [0.25, 0.3) is 11.8 Å². The Morgan fingerprint density at radius 2 is 1.64 bits per heavy atom. The van der Waals surface area contributed by atoms with E-state index in [1.54, 1.807) is 27.7 Å². The normalized spacial score (nSPS) is 23.4. The first-order chi connectivity index (χ1) is 12.6. The molecule has 1 heterocycles. The van der Waals surface area contributed by atoms with Crippen LogP contribution < -0.4 is 10.8 Å². The summed E-state index contributed by atoms with van der Waals surface area (Å²) in [7, 11) is -1.32. The van der Waals surface area contributed by atoms with Gasteiger partial charge >= 0.3 is 13.3 Å². The van der Waals surface area contributed by atoms with Crippen molar-refractivity contribution in [2.45, 2.75) is 69.9 Å². The molecule has 1 aliphatic heterocycles. The molecule has 2 fully saturated rings. The van der Waals surface area contributed by atoms with Crippen LogP contribution in [-0.2, 0) is 15.5 Å². The van der Waals surface area contributed by atoms with Crippen molar-refractivity contribution in [2.75, 3.05) is 0 Å². The second-order valence-electron chi connectivity index (χ2n) is 8.32. The van der Waals surface area contributed by atoms with E-state index < -0.39 is 60.8 Å². The molecule has 3 rings (SSSR count). The fourth-order valence-electron chi connectivity index (χ4n) is 3.16. The van der Waals surface area contributed by atoms with Crippen LogP contribution in [0.15, 0.2) is 18.2 Å². The first-order valence-electron chi connectivity index (χ1n) is 8.87. The van der Waals surface area contributed by atoms with Crippen LogP contribution in [-0.4, -0.2) is 36.2 Å². The van der Waals surface area contributed by atoms with Gasteiger partial charge < -0.3 is 14.6 Å². The van der Waals surface area contributed by atoms with E-state index in [1.165, 1.54) is 0 Å². The summed E-state index contributed by atoms with van der Waals surface area (Å²) in [5, 5.41) is 2.41. The number of amides is 1. The van der Waals surface area contributed by atoms with Crippen molar-refractivity contribution in [2.24, 2.45) is 0 Å². The van der Waals surface area contributed by atoms with Crippen LogP contribution in [0.5, 0.6) is 0 Å². The average Bonchev–Trinajstić information content (AvgIpc) is 2.72. The molecule has 1 saturated heterocycles. The number of carbonyl (C=O) groups excluding carboxylic acids is 1. The number of hydrogen-bond acceptors (Lipinski definition) is 3. The largest absolute Gasteiger partial charge is 0.495 e. The highest BCUT2D eigenvalue weighted by atomic mass is 19.4. The Morgan fingerprint density at radius 1 is 1.11 bits per heavy atom. The van der Waals surface area contributed by atoms with Gasteiger partial charge in [-0.15, -0.1) is 0 Å². The van der Waals surface area contributed by atoms with E-state index >= 15 is 0 Å². The Labute approximate surface area is 159 Å². The molecule has 0 unspecified atom stereocenters. The highest BCUT2D eigenvalue weighted by Gasteiger charge is 2.54. The molecule has 0 radical (unpaired) electrons. The maximum Gasteiger partial charge on any atom is 0.495 e. The third-order valence-electron chi connectivity index (χ3n) is 5.55. The summed E-state index contributed by atoms with van der Waals surface area (Å²) in [6, 6.07) is 2.15. The lowest BCUT2D eigenvalue weighted by atomic mass is 9.75. The van der Waals surface area contributed by atoms with Gasteiger partial charge in [-0.2, -0.15) is 13.2 Å². The Kier molecular flexibility index (Phi) is 4.82. The first-order valence-corrected chi connectivity index (χ1v) is 8.87. The third kappa shape index (κ3) is 3.89. The van der Waals surface area contributed by atoms with E-state index in [9.17, 15) is 26.7 Å². The molecule has 1 aromatic carbocycles. The third-order valence-corrected chi connectivity index (χ3v) is 5.55. The molecule has 1 aliphatic carbocycles. The molecule has 0 spiro atoms. The molecule has 1 aromatic rings. The van der Waals surface area contributed by atoms with Crippen LogP contribution in [0.2, 0.25) is 0 Å². The molecular formula is C18H21BF5NO3. The van der Waals surface area contributed by atoms with E-state index in [1.807, 2.05) is 0 Å². The SMILES string of the molecule is CC1(C)OB(c2cc(C(=O)NC3CC(F)(F)C3)ccc2C(F)(F)F)OC1(C)C.